The number of non-ortho nitro benzene ring substituents is 1. The fraction of sp³-hybridized carbons (Fsp3) is 0.231. The lowest BCUT2D eigenvalue weighted by molar-refractivity contribution is -0.384. The highest BCUT2D eigenvalue weighted by atomic mass is 16.6. The van der Waals surface area contributed by atoms with Gasteiger partial charge in [-0.25, -0.2) is 0 Å². The first-order valence-electron chi connectivity index (χ1n) is 11.0. The highest BCUT2D eigenvalue weighted by Gasteiger charge is 2.26. The molecule has 0 fully saturated rings. The number of methoxy groups -OCH3 is 2. The second-order valence-corrected chi connectivity index (χ2v) is 8.18. The standard InChI is InChI=1S/C26H25N3O5/c1-32-20-8-9-23-22(14-20)21-11-12-27-25(26(21)28-23)16-3-10-24(33-2)17(13-16)15-34-19-6-4-18(5-7-19)29(30)31/h3-10,13-14,25,27-28H,11-12,15H2,1-2H3/t25-/m0/s1. The summed E-state index contributed by atoms with van der Waals surface area (Å²) in [6.45, 7) is 1.14. The van der Waals surface area contributed by atoms with Crippen LogP contribution in [0.5, 0.6) is 17.2 Å². The quantitative estimate of drug-likeness (QED) is 0.301. The van der Waals surface area contributed by atoms with Gasteiger partial charge in [0.15, 0.2) is 0 Å². The smallest absolute Gasteiger partial charge is 0.269 e. The number of aromatic amines is 1. The van der Waals surface area contributed by atoms with E-state index in [2.05, 4.69) is 34.6 Å². The summed E-state index contributed by atoms with van der Waals surface area (Å²) < 4.78 is 16.9. The summed E-state index contributed by atoms with van der Waals surface area (Å²) in [6.07, 6.45) is 0.936. The largest absolute Gasteiger partial charge is 0.497 e. The molecule has 3 aromatic carbocycles. The third kappa shape index (κ3) is 4.04. The van der Waals surface area contributed by atoms with Gasteiger partial charge >= 0.3 is 0 Å². The lowest BCUT2D eigenvalue weighted by Crippen LogP contribution is -2.30. The van der Waals surface area contributed by atoms with Crippen LogP contribution in [0.1, 0.15) is 28.4 Å². The van der Waals surface area contributed by atoms with Crippen LogP contribution in [-0.4, -0.2) is 30.7 Å². The summed E-state index contributed by atoms with van der Waals surface area (Å²) in [5, 5.41) is 15.7. The van der Waals surface area contributed by atoms with Gasteiger partial charge in [0, 0.05) is 40.8 Å². The van der Waals surface area contributed by atoms with Crippen LogP contribution in [0.25, 0.3) is 10.9 Å². The second kappa shape index (κ2) is 9.07. The normalized spacial score (nSPS) is 15.1. The Kier molecular flexibility index (Phi) is 5.81. The van der Waals surface area contributed by atoms with Gasteiger partial charge in [-0.1, -0.05) is 6.07 Å². The van der Waals surface area contributed by atoms with Crippen LogP contribution in [0.15, 0.2) is 60.7 Å². The summed E-state index contributed by atoms with van der Waals surface area (Å²) in [6, 6.07) is 18.3. The molecular weight excluding hydrogens is 434 g/mol. The van der Waals surface area contributed by atoms with Crippen LogP contribution in [0.3, 0.4) is 0 Å². The Balaban J connectivity index is 1.44. The van der Waals surface area contributed by atoms with E-state index in [4.69, 9.17) is 14.2 Å². The molecule has 34 heavy (non-hydrogen) atoms. The third-order valence-corrected chi connectivity index (χ3v) is 6.24. The predicted octanol–water partition coefficient (Wildman–Crippen LogP) is 4.91. The number of hydrogen-bond acceptors (Lipinski definition) is 6. The van der Waals surface area contributed by atoms with Gasteiger partial charge in [0.1, 0.15) is 23.9 Å². The van der Waals surface area contributed by atoms with Crippen LogP contribution in [0, 0.1) is 10.1 Å². The minimum atomic E-state index is -0.429. The average molecular weight is 460 g/mol. The molecule has 1 aromatic heterocycles. The van der Waals surface area contributed by atoms with Crippen molar-refractivity contribution in [3.05, 3.63) is 93.2 Å². The molecule has 0 bridgehead atoms. The third-order valence-electron chi connectivity index (χ3n) is 6.24. The molecule has 0 aliphatic carbocycles. The number of rotatable bonds is 7. The molecule has 8 nitrogen and oxygen atoms in total. The Morgan fingerprint density at radius 1 is 1.00 bits per heavy atom. The molecule has 174 valence electrons. The molecule has 4 aromatic rings. The minimum absolute atomic E-state index is 0.00572. The zero-order chi connectivity index (χ0) is 23.7. The number of H-pyrrole nitrogens is 1. The molecule has 0 saturated heterocycles. The van der Waals surface area contributed by atoms with Gasteiger partial charge in [-0.2, -0.15) is 0 Å². The Morgan fingerprint density at radius 3 is 2.53 bits per heavy atom. The van der Waals surface area contributed by atoms with E-state index in [1.54, 1.807) is 26.4 Å². The topological polar surface area (TPSA) is 98.7 Å². The SMILES string of the molecule is COc1ccc2[nH]c3c(c2c1)CCN[C@H]3c1ccc(OC)c(COc2ccc([N+](=O)[O-])cc2)c1. The minimum Gasteiger partial charge on any atom is -0.497 e. The lowest BCUT2D eigenvalue weighted by Gasteiger charge is -2.25. The van der Waals surface area contributed by atoms with E-state index in [1.165, 1.54) is 23.1 Å². The first-order chi connectivity index (χ1) is 16.6. The Morgan fingerprint density at radius 2 is 1.79 bits per heavy atom. The van der Waals surface area contributed by atoms with Gasteiger partial charge in [-0.05, 0) is 60.0 Å². The van der Waals surface area contributed by atoms with Crippen molar-refractivity contribution in [2.75, 3.05) is 20.8 Å². The summed E-state index contributed by atoms with van der Waals surface area (Å²) >= 11 is 0. The number of nitrogens with zero attached hydrogens (tertiary/aromatic N) is 1. The molecule has 0 spiro atoms. The molecule has 0 unspecified atom stereocenters. The van der Waals surface area contributed by atoms with E-state index >= 15 is 0 Å². The lowest BCUT2D eigenvalue weighted by atomic mass is 9.93. The van der Waals surface area contributed by atoms with Crippen LogP contribution in [0.2, 0.25) is 0 Å². The van der Waals surface area contributed by atoms with Crippen molar-refractivity contribution in [2.45, 2.75) is 19.1 Å². The van der Waals surface area contributed by atoms with Crippen LogP contribution < -0.4 is 19.5 Å². The van der Waals surface area contributed by atoms with E-state index in [1.807, 2.05) is 12.1 Å². The number of hydrogen-bond donors (Lipinski definition) is 2. The predicted molar refractivity (Wildman–Crippen MR) is 129 cm³/mol. The van der Waals surface area contributed by atoms with Gasteiger partial charge in [0.2, 0.25) is 0 Å². The average Bonchev–Trinajstić information content (AvgIpc) is 3.25. The number of nitro groups is 1. The van der Waals surface area contributed by atoms with Crippen molar-refractivity contribution in [3.8, 4) is 17.2 Å². The number of ether oxygens (including phenoxy) is 3. The van der Waals surface area contributed by atoms with E-state index in [-0.39, 0.29) is 18.3 Å². The summed E-state index contributed by atoms with van der Waals surface area (Å²) in [5.74, 6) is 2.13. The van der Waals surface area contributed by atoms with Gasteiger partial charge in [-0.15, -0.1) is 0 Å². The van der Waals surface area contributed by atoms with Crippen molar-refractivity contribution in [1.29, 1.82) is 0 Å². The Hall–Kier alpha value is -4.04. The molecule has 0 saturated carbocycles. The van der Waals surface area contributed by atoms with Crippen molar-refractivity contribution in [3.63, 3.8) is 0 Å². The molecule has 8 heteroatoms. The molecule has 2 N–H and O–H groups in total. The molecule has 2 heterocycles. The van der Waals surface area contributed by atoms with Gasteiger partial charge in [0.25, 0.3) is 5.69 Å². The number of nitrogens with one attached hydrogen (secondary N) is 2. The zero-order valence-corrected chi connectivity index (χ0v) is 19.0. The zero-order valence-electron chi connectivity index (χ0n) is 19.0. The number of fused-ring (bicyclic) bond motifs is 3. The first kappa shape index (κ1) is 21.8. The molecule has 1 aliphatic heterocycles. The van der Waals surface area contributed by atoms with Gasteiger partial charge in [-0.3, -0.25) is 10.1 Å². The van der Waals surface area contributed by atoms with E-state index < -0.39 is 4.92 Å². The van der Waals surface area contributed by atoms with Crippen molar-refractivity contribution < 1.29 is 19.1 Å². The maximum Gasteiger partial charge on any atom is 0.269 e. The maximum absolute atomic E-state index is 10.9. The van der Waals surface area contributed by atoms with Crippen molar-refractivity contribution in [2.24, 2.45) is 0 Å². The number of nitro benzene ring substituents is 1. The number of benzene rings is 3. The van der Waals surface area contributed by atoms with E-state index in [9.17, 15) is 10.1 Å². The molecule has 1 atom stereocenters. The molecule has 1 aliphatic rings. The van der Waals surface area contributed by atoms with Crippen molar-refractivity contribution in [1.82, 2.24) is 10.3 Å². The summed E-state index contributed by atoms with van der Waals surface area (Å²) in [5.41, 5.74) is 5.57. The molecule has 0 amide bonds. The Labute approximate surface area is 196 Å². The van der Waals surface area contributed by atoms with Crippen LogP contribution in [0.4, 0.5) is 5.69 Å². The van der Waals surface area contributed by atoms with Crippen LogP contribution in [-0.2, 0) is 13.0 Å². The maximum atomic E-state index is 10.9. The molecule has 0 radical (unpaired) electrons. The van der Waals surface area contributed by atoms with Crippen molar-refractivity contribution >= 4 is 16.6 Å². The summed E-state index contributed by atoms with van der Waals surface area (Å²) in [7, 11) is 3.31. The fourth-order valence-corrected chi connectivity index (χ4v) is 4.53. The van der Waals surface area contributed by atoms with Gasteiger partial charge in [0.05, 0.1) is 25.2 Å². The highest BCUT2D eigenvalue weighted by Crippen LogP contribution is 2.36. The highest BCUT2D eigenvalue weighted by molar-refractivity contribution is 5.86. The van der Waals surface area contributed by atoms with Crippen LogP contribution >= 0.6 is 0 Å². The summed E-state index contributed by atoms with van der Waals surface area (Å²) in [4.78, 5) is 14.0. The Bertz CT molecular complexity index is 1350. The second-order valence-electron chi connectivity index (χ2n) is 8.18. The number of aromatic nitrogens is 1. The molecule has 5 rings (SSSR count). The first-order valence-corrected chi connectivity index (χ1v) is 11.0. The fourth-order valence-electron chi connectivity index (χ4n) is 4.53. The monoisotopic (exact) mass is 459 g/mol. The molecular formula is C26H25N3O5. The van der Waals surface area contributed by atoms with E-state index in [0.717, 1.165) is 46.8 Å². The van der Waals surface area contributed by atoms with E-state index in [0.29, 0.717) is 5.75 Å². The van der Waals surface area contributed by atoms with Gasteiger partial charge < -0.3 is 24.5 Å².